The average Bonchev–Trinajstić information content (AvgIpc) is 3.27. The van der Waals surface area contributed by atoms with Gasteiger partial charge in [-0.2, -0.15) is 0 Å². The third-order valence-electron chi connectivity index (χ3n) is 13.4. The first-order valence-electron chi connectivity index (χ1n) is 27.8. The van der Waals surface area contributed by atoms with Crippen molar-refractivity contribution in [3.63, 3.8) is 0 Å². The van der Waals surface area contributed by atoms with Crippen LogP contribution in [0.5, 0.6) is 0 Å². The minimum Gasteiger partial charge on any atom is -0.462 e. The summed E-state index contributed by atoms with van der Waals surface area (Å²) in [6.45, 7) is 11.4. The van der Waals surface area contributed by atoms with E-state index in [4.69, 9.17) is 14.2 Å². The van der Waals surface area contributed by atoms with Crippen molar-refractivity contribution >= 4 is 17.9 Å². The Kier molecular flexibility index (Phi) is 47.6. The molecule has 0 aromatic rings. The SMILES string of the molecule is CCCCCCCCCCCCCCCCCCC(=O)OC[C@@H](COC(=O)CCCCCCCCCCCCC(C)CC)OC(=O)CCCCCCCCCCCCC(C)CC. The number of carbonyl (C=O) groups excluding carboxylic acids is 3. The molecule has 0 bridgehead atoms. The van der Waals surface area contributed by atoms with Crippen LogP contribution in [0.25, 0.3) is 0 Å². The first-order valence-corrected chi connectivity index (χ1v) is 27.8. The van der Waals surface area contributed by atoms with Gasteiger partial charge in [-0.25, -0.2) is 0 Å². The largest absolute Gasteiger partial charge is 0.462 e. The molecule has 368 valence electrons. The lowest BCUT2D eigenvalue weighted by Gasteiger charge is -2.18. The van der Waals surface area contributed by atoms with Crippen LogP contribution >= 0.6 is 0 Å². The standard InChI is InChI=1S/C56H108O6/c1-6-9-10-11-12-13-14-15-16-17-18-19-26-31-36-41-46-54(57)60-49-53(62-56(59)48-43-38-33-28-23-21-25-30-35-40-45-52(5)8-3)50-61-55(58)47-42-37-32-27-22-20-24-29-34-39-44-51(4)7-2/h51-53H,6-50H2,1-5H3/t51?,52?,53-/m0/s1. The van der Waals surface area contributed by atoms with Gasteiger partial charge < -0.3 is 14.2 Å². The molecule has 0 fully saturated rings. The molecular weight excluding hydrogens is 769 g/mol. The summed E-state index contributed by atoms with van der Waals surface area (Å²) in [6.07, 6.45) is 50.7. The van der Waals surface area contributed by atoms with Crippen molar-refractivity contribution in [2.45, 2.75) is 317 Å². The van der Waals surface area contributed by atoms with Crippen LogP contribution in [0, 0.1) is 11.8 Å². The molecule has 0 aromatic carbocycles. The molecule has 0 aromatic heterocycles. The molecule has 0 radical (unpaired) electrons. The number of hydrogen-bond donors (Lipinski definition) is 0. The lowest BCUT2D eigenvalue weighted by Crippen LogP contribution is -2.30. The van der Waals surface area contributed by atoms with Gasteiger partial charge in [0.15, 0.2) is 6.10 Å². The molecule has 6 heteroatoms. The van der Waals surface area contributed by atoms with Crippen LogP contribution in [0.2, 0.25) is 0 Å². The number of ether oxygens (including phenoxy) is 3. The summed E-state index contributed by atoms with van der Waals surface area (Å²) >= 11 is 0. The zero-order valence-electron chi connectivity index (χ0n) is 42.5. The fourth-order valence-electron chi connectivity index (χ4n) is 8.46. The van der Waals surface area contributed by atoms with Gasteiger partial charge in [0.25, 0.3) is 0 Å². The fourth-order valence-corrected chi connectivity index (χ4v) is 8.46. The Bertz CT molecular complexity index is 951. The third kappa shape index (κ3) is 46.4. The lowest BCUT2D eigenvalue weighted by atomic mass is 9.99. The highest BCUT2D eigenvalue weighted by atomic mass is 16.6. The Morgan fingerprint density at radius 3 is 0.839 bits per heavy atom. The second kappa shape index (κ2) is 48.9. The summed E-state index contributed by atoms with van der Waals surface area (Å²) in [4.78, 5) is 38.1. The number of rotatable bonds is 50. The minimum absolute atomic E-state index is 0.0633. The van der Waals surface area contributed by atoms with Gasteiger partial charge in [0.2, 0.25) is 0 Å². The minimum atomic E-state index is -0.763. The summed E-state index contributed by atoms with van der Waals surface area (Å²) in [7, 11) is 0. The highest BCUT2D eigenvalue weighted by molar-refractivity contribution is 5.71. The average molecular weight is 877 g/mol. The molecule has 0 saturated heterocycles. The molecule has 0 aliphatic carbocycles. The topological polar surface area (TPSA) is 78.9 Å². The van der Waals surface area contributed by atoms with Gasteiger partial charge in [0.1, 0.15) is 13.2 Å². The molecule has 6 nitrogen and oxygen atoms in total. The summed E-state index contributed by atoms with van der Waals surface area (Å²) in [5.74, 6) is 0.893. The number of carbonyl (C=O) groups is 3. The molecule has 0 heterocycles. The van der Waals surface area contributed by atoms with Crippen molar-refractivity contribution in [1.29, 1.82) is 0 Å². The molecule has 0 aliphatic rings. The number of unbranched alkanes of at least 4 members (excludes halogenated alkanes) is 33. The summed E-state index contributed by atoms with van der Waals surface area (Å²) in [5.41, 5.74) is 0. The third-order valence-corrected chi connectivity index (χ3v) is 13.4. The Labute approximate surface area is 387 Å². The normalized spacial score (nSPS) is 12.9. The highest BCUT2D eigenvalue weighted by Gasteiger charge is 2.19. The zero-order valence-corrected chi connectivity index (χ0v) is 42.5. The van der Waals surface area contributed by atoms with Crippen LogP contribution < -0.4 is 0 Å². The van der Waals surface area contributed by atoms with Crippen molar-refractivity contribution in [3.8, 4) is 0 Å². The molecule has 3 atom stereocenters. The van der Waals surface area contributed by atoms with E-state index in [1.54, 1.807) is 0 Å². The Morgan fingerprint density at radius 2 is 0.565 bits per heavy atom. The number of esters is 3. The van der Waals surface area contributed by atoms with Crippen molar-refractivity contribution in [3.05, 3.63) is 0 Å². The van der Waals surface area contributed by atoms with E-state index in [0.717, 1.165) is 69.6 Å². The number of hydrogen-bond acceptors (Lipinski definition) is 6. The smallest absolute Gasteiger partial charge is 0.306 e. The monoisotopic (exact) mass is 877 g/mol. The van der Waals surface area contributed by atoms with Gasteiger partial charge in [-0.3, -0.25) is 14.4 Å². The van der Waals surface area contributed by atoms with Crippen LogP contribution in [0.3, 0.4) is 0 Å². The van der Waals surface area contributed by atoms with Gasteiger partial charge in [0, 0.05) is 19.3 Å². The van der Waals surface area contributed by atoms with E-state index < -0.39 is 6.10 Å². The van der Waals surface area contributed by atoms with Crippen molar-refractivity contribution in [2.75, 3.05) is 13.2 Å². The van der Waals surface area contributed by atoms with E-state index in [-0.39, 0.29) is 31.1 Å². The summed E-state index contributed by atoms with van der Waals surface area (Å²) < 4.78 is 16.9. The molecule has 0 N–H and O–H groups in total. The van der Waals surface area contributed by atoms with E-state index in [1.807, 2.05) is 0 Å². The van der Waals surface area contributed by atoms with Crippen LogP contribution in [-0.2, 0) is 28.6 Å². The second-order valence-corrected chi connectivity index (χ2v) is 19.7. The molecule has 0 aliphatic heterocycles. The lowest BCUT2D eigenvalue weighted by molar-refractivity contribution is -0.167. The maximum atomic E-state index is 12.8. The molecule has 62 heavy (non-hydrogen) atoms. The van der Waals surface area contributed by atoms with Gasteiger partial charge in [-0.1, -0.05) is 272 Å². The van der Waals surface area contributed by atoms with Crippen LogP contribution in [0.15, 0.2) is 0 Å². The maximum absolute atomic E-state index is 12.8. The molecule has 0 saturated carbocycles. The predicted octanol–water partition coefficient (Wildman–Crippen LogP) is 18.1. The van der Waals surface area contributed by atoms with E-state index in [2.05, 4.69) is 34.6 Å². The second-order valence-electron chi connectivity index (χ2n) is 19.7. The maximum Gasteiger partial charge on any atom is 0.306 e. The van der Waals surface area contributed by atoms with E-state index in [1.165, 1.54) is 199 Å². The fraction of sp³-hybridized carbons (Fsp3) is 0.946. The first kappa shape index (κ1) is 60.4. The first-order chi connectivity index (χ1) is 30.3. The van der Waals surface area contributed by atoms with Gasteiger partial charge in [-0.05, 0) is 31.1 Å². The van der Waals surface area contributed by atoms with Gasteiger partial charge in [0.05, 0.1) is 0 Å². The Balaban J connectivity index is 4.32. The zero-order chi connectivity index (χ0) is 45.4. The van der Waals surface area contributed by atoms with Crippen LogP contribution in [0.1, 0.15) is 311 Å². The van der Waals surface area contributed by atoms with Gasteiger partial charge >= 0.3 is 17.9 Å². The van der Waals surface area contributed by atoms with Crippen LogP contribution in [-0.4, -0.2) is 37.2 Å². The molecule has 0 amide bonds. The van der Waals surface area contributed by atoms with Gasteiger partial charge in [-0.15, -0.1) is 0 Å². The molecule has 2 unspecified atom stereocenters. The molecule has 0 rings (SSSR count). The molecule has 0 spiro atoms. The van der Waals surface area contributed by atoms with Crippen molar-refractivity contribution < 1.29 is 28.6 Å². The quantitative estimate of drug-likeness (QED) is 0.0344. The van der Waals surface area contributed by atoms with Crippen molar-refractivity contribution in [1.82, 2.24) is 0 Å². The van der Waals surface area contributed by atoms with E-state index in [0.29, 0.717) is 19.3 Å². The Morgan fingerprint density at radius 1 is 0.323 bits per heavy atom. The summed E-state index contributed by atoms with van der Waals surface area (Å²) in [5, 5.41) is 0. The van der Waals surface area contributed by atoms with E-state index >= 15 is 0 Å². The predicted molar refractivity (Wildman–Crippen MR) is 266 cm³/mol. The van der Waals surface area contributed by atoms with E-state index in [9.17, 15) is 14.4 Å². The molecular formula is C56H108O6. The highest BCUT2D eigenvalue weighted by Crippen LogP contribution is 2.19. The van der Waals surface area contributed by atoms with Crippen LogP contribution in [0.4, 0.5) is 0 Å². The summed E-state index contributed by atoms with van der Waals surface area (Å²) in [6, 6.07) is 0. The Hall–Kier alpha value is -1.59. The van der Waals surface area contributed by atoms with Crippen molar-refractivity contribution in [2.24, 2.45) is 11.8 Å².